The lowest BCUT2D eigenvalue weighted by Crippen LogP contribution is -2.89. The SMILES string of the molecule is CC[C@H](CO)[NH2+]Cc1ccc(-c2ccccc2)cc1. The van der Waals surface area contributed by atoms with Gasteiger partial charge in [-0.1, -0.05) is 61.5 Å². The van der Waals surface area contributed by atoms with Crippen LogP contribution in [0.15, 0.2) is 54.6 Å². The van der Waals surface area contributed by atoms with Crippen molar-refractivity contribution in [2.24, 2.45) is 0 Å². The molecule has 0 heterocycles. The van der Waals surface area contributed by atoms with Crippen molar-refractivity contribution in [1.82, 2.24) is 0 Å². The third kappa shape index (κ3) is 3.91. The van der Waals surface area contributed by atoms with Crippen LogP contribution in [0.25, 0.3) is 11.1 Å². The van der Waals surface area contributed by atoms with Gasteiger partial charge in [0.05, 0.1) is 6.61 Å². The molecule has 0 bridgehead atoms. The number of quaternary nitrogens is 1. The zero-order valence-corrected chi connectivity index (χ0v) is 11.4. The van der Waals surface area contributed by atoms with E-state index in [9.17, 15) is 0 Å². The monoisotopic (exact) mass is 256 g/mol. The number of hydrogen-bond donors (Lipinski definition) is 2. The Morgan fingerprint density at radius 2 is 1.58 bits per heavy atom. The average Bonchev–Trinajstić information content (AvgIpc) is 2.50. The summed E-state index contributed by atoms with van der Waals surface area (Å²) in [6, 6.07) is 19.4. The number of benzene rings is 2. The first-order valence-corrected chi connectivity index (χ1v) is 6.92. The highest BCUT2D eigenvalue weighted by atomic mass is 16.3. The van der Waals surface area contributed by atoms with Crippen LogP contribution in [0.1, 0.15) is 18.9 Å². The Morgan fingerprint density at radius 1 is 0.947 bits per heavy atom. The number of nitrogens with two attached hydrogens (primary N) is 1. The summed E-state index contributed by atoms with van der Waals surface area (Å²) < 4.78 is 0. The second-order valence-electron chi connectivity index (χ2n) is 4.85. The third-order valence-electron chi connectivity index (χ3n) is 3.51. The molecule has 1 atom stereocenters. The maximum Gasteiger partial charge on any atom is 0.109 e. The highest BCUT2D eigenvalue weighted by Crippen LogP contribution is 2.18. The molecule has 100 valence electrons. The number of aliphatic hydroxyl groups is 1. The summed E-state index contributed by atoms with van der Waals surface area (Å²) in [6.07, 6.45) is 0.999. The van der Waals surface area contributed by atoms with E-state index < -0.39 is 0 Å². The normalized spacial score (nSPS) is 12.3. The molecule has 2 heteroatoms. The minimum Gasteiger partial charge on any atom is -0.390 e. The van der Waals surface area contributed by atoms with Gasteiger partial charge in [0, 0.05) is 5.56 Å². The Labute approximate surface area is 115 Å². The van der Waals surface area contributed by atoms with E-state index >= 15 is 0 Å². The van der Waals surface area contributed by atoms with Gasteiger partial charge in [-0.25, -0.2) is 0 Å². The molecule has 0 aliphatic rings. The van der Waals surface area contributed by atoms with E-state index in [0.29, 0.717) is 6.04 Å². The van der Waals surface area contributed by atoms with Crippen molar-refractivity contribution in [3.05, 3.63) is 60.2 Å². The number of hydrogen-bond acceptors (Lipinski definition) is 1. The fraction of sp³-hybridized carbons (Fsp3) is 0.294. The fourth-order valence-corrected chi connectivity index (χ4v) is 2.14. The largest absolute Gasteiger partial charge is 0.390 e. The van der Waals surface area contributed by atoms with E-state index in [2.05, 4.69) is 60.8 Å². The first-order valence-electron chi connectivity index (χ1n) is 6.92. The molecule has 19 heavy (non-hydrogen) atoms. The Kier molecular flexibility index (Phi) is 5.13. The van der Waals surface area contributed by atoms with Crippen LogP contribution in [-0.4, -0.2) is 17.8 Å². The van der Waals surface area contributed by atoms with E-state index in [1.54, 1.807) is 0 Å². The molecule has 0 aliphatic carbocycles. The van der Waals surface area contributed by atoms with Crippen LogP contribution in [0.5, 0.6) is 0 Å². The predicted molar refractivity (Wildman–Crippen MR) is 78.7 cm³/mol. The minimum absolute atomic E-state index is 0.249. The molecule has 2 aromatic rings. The van der Waals surface area contributed by atoms with Gasteiger partial charge < -0.3 is 10.4 Å². The highest BCUT2D eigenvalue weighted by molar-refractivity contribution is 5.63. The molecular formula is C17H22NO+. The molecule has 0 saturated carbocycles. The number of aliphatic hydroxyl groups excluding tert-OH is 1. The predicted octanol–water partition coefficient (Wildman–Crippen LogP) is 2.19. The van der Waals surface area contributed by atoms with E-state index in [1.165, 1.54) is 16.7 Å². The maximum absolute atomic E-state index is 9.17. The highest BCUT2D eigenvalue weighted by Gasteiger charge is 2.07. The lowest BCUT2D eigenvalue weighted by Gasteiger charge is -2.10. The fourth-order valence-electron chi connectivity index (χ4n) is 2.14. The van der Waals surface area contributed by atoms with Crippen molar-refractivity contribution in [3.8, 4) is 11.1 Å². The van der Waals surface area contributed by atoms with Crippen molar-refractivity contribution in [1.29, 1.82) is 0 Å². The lowest BCUT2D eigenvalue weighted by molar-refractivity contribution is -0.706. The molecule has 0 aliphatic heterocycles. The van der Waals surface area contributed by atoms with Crippen molar-refractivity contribution in [2.75, 3.05) is 6.61 Å². The maximum atomic E-state index is 9.17. The summed E-state index contributed by atoms with van der Waals surface area (Å²) >= 11 is 0. The second kappa shape index (κ2) is 7.07. The molecule has 0 radical (unpaired) electrons. The molecule has 0 unspecified atom stereocenters. The summed E-state index contributed by atoms with van der Waals surface area (Å²) in [5, 5.41) is 11.4. The summed E-state index contributed by atoms with van der Waals surface area (Å²) in [7, 11) is 0. The van der Waals surface area contributed by atoms with Gasteiger partial charge in [-0.05, 0) is 17.5 Å². The zero-order chi connectivity index (χ0) is 13.5. The summed E-state index contributed by atoms with van der Waals surface area (Å²) in [6.45, 7) is 3.28. The Morgan fingerprint density at radius 3 is 2.16 bits per heavy atom. The minimum atomic E-state index is 0.249. The van der Waals surface area contributed by atoms with Crippen LogP contribution >= 0.6 is 0 Å². The second-order valence-corrected chi connectivity index (χ2v) is 4.85. The van der Waals surface area contributed by atoms with Gasteiger partial charge in [-0.2, -0.15) is 0 Å². The van der Waals surface area contributed by atoms with Crippen LogP contribution in [0, 0.1) is 0 Å². The first kappa shape index (κ1) is 13.8. The summed E-state index contributed by atoms with van der Waals surface area (Å²) in [4.78, 5) is 0. The first-order chi connectivity index (χ1) is 9.33. The summed E-state index contributed by atoms with van der Waals surface area (Å²) in [5.74, 6) is 0. The molecule has 0 fully saturated rings. The van der Waals surface area contributed by atoms with Crippen LogP contribution in [0.2, 0.25) is 0 Å². The van der Waals surface area contributed by atoms with Gasteiger partial charge in [0.25, 0.3) is 0 Å². The molecule has 2 aromatic carbocycles. The van der Waals surface area contributed by atoms with Crippen molar-refractivity contribution < 1.29 is 10.4 Å². The quantitative estimate of drug-likeness (QED) is 0.816. The van der Waals surface area contributed by atoms with E-state index in [-0.39, 0.29) is 6.61 Å². The van der Waals surface area contributed by atoms with E-state index in [0.717, 1.165) is 13.0 Å². The molecule has 2 nitrogen and oxygen atoms in total. The number of rotatable bonds is 6. The van der Waals surface area contributed by atoms with Crippen molar-refractivity contribution >= 4 is 0 Å². The van der Waals surface area contributed by atoms with Crippen LogP contribution in [0.3, 0.4) is 0 Å². The smallest absolute Gasteiger partial charge is 0.109 e. The van der Waals surface area contributed by atoms with Gasteiger partial charge in [-0.3, -0.25) is 0 Å². The average molecular weight is 256 g/mol. The van der Waals surface area contributed by atoms with Gasteiger partial charge in [-0.15, -0.1) is 0 Å². The Balaban J connectivity index is 1.99. The Bertz CT molecular complexity index is 474. The molecule has 3 N–H and O–H groups in total. The molecular weight excluding hydrogens is 234 g/mol. The third-order valence-corrected chi connectivity index (χ3v) is 3.51. The molecule has 0 amide bonds. The van der Waals surface area contributed by atoms with Crippen molar-refractivity contribution in [3.63, 3.8) is 0 Å². The lowest BCUT2D eigenvalue weighted by atomic mass is 10.0. The van der Waals surface area contributed by atoms with Gasteiger partial charge in [0.1, 0.15) is 12.6 Å². The van der Waals surface area contributed by atoms with Crippen LogP contribution in [-0.2, 0) is 6.54 Å². The topological polar surface area (TPSA) is 36.8 Å². The standard InChI is InChI=1S/C17H21NO/c1-2-17(13-19)18-12-14-8-10-16(11-9-14)15-6-4-3-5-7-15/h3-11,17-19H,2,12-13H2,1H3/p+1/t17-/m1/s1. The molecule has 0 saturated heterocycles. The van der Waals surface area contributed by atoms with Gasteiger partial charge >= 0.3 is 0 Å². The van der Waals surface area contributed by atoms with Gasteiger partial charge in [0.2, 0.25) is 0 Å². The molecule has 2 rings (SSSR count). The van der Waals surface area contributed by atoms with Gasteiger partial charge in [0.15, 0.2) is 0 Å². The van der Waals surface area contributed by atoms with Crippen molar-refractivity contribution in [2.45, 2.75) is 25.9 Å². The summed E-state index contributed by atoms with van der Waals surface area (Å²) in [5.41, 5.74) is 3.80. The Hall–Kier alpha value is -1.64. The zero-order valence-electron chi connectivity index (χ0n) is 11.4. The molecule has 0 spiro atoms. The van der Waals surface area contributed by atoms with Crippen LogP contribution < -0.4 is 5.32 Å². The molecule has 0 aromatic heterocycles. The van der Waals surface area contributed by atoms with E-state index in [1.807, 2.05) is 6.07 Å². The van der Waals surface area contributed by atoms with Crippen LogP contribution in [0.4, 0.5) is 0 Å². The van der Waals surface area contributed by atoms with E-state index in [4.69, 9.17) is 5.11 Å².